The van der Waals surface area contributed by atoms with E-state index < -0.39 is 0 Å². The van der Waals surface area contributed by atoms with Gasteiger partial charge in [-0.1, -0.05) is 12.1 Å². The number of hydrogen-bond acceptors (Lipinski definition) is 6. The van der Waals surface area contributed by atoms with E-state index in [-0.39, 0.29) is 29.8 Å². The van der Waals surface area contributed by atoms with Gasteiger partial charge in [-0.2, -0.15) is 0 Å². The number of likely N-dealkylation sites (tertiary alicyclic amines) is 1. The standard InChI is InChI=1S/C22H27N5O2S/c1-30-18-6-2-5-17(12-18)24-21(28)15-7-10-27(11-8-15)22(29)20-13-19(25-26-20)16-4-3-9-23-14-16/h2-6,9,12,14-15,19-20,25-26H,7-8,10-11,13H2,1H3,(H,24,28). The number of benzene rings is 1. The van der Waals surface area contributed by atoms with Gasteiger partial charge in [-0.15, -0.1) is 11.8 Å². The molecule has 1 aromatic carbocycles. The molecular weight excluding hydrogens is 398 g/mol. The Kier molecular flexibility index (Phi) is 6.66. The number of thioether (sulfide) groups is 1. The number of piperidine rings is 1. The molecule has 8 heteroatoms. The van der Waals surface area contributed by atoms with Crippen LogP contribution in [-0.2, 0) is 9.59 Å². The molecule has 2 atom stereocenters. The van der Waals surface area contributed by atoms with Crippen LogP contribution in [0.25, 0.3) is 0 Å². The van der Waals surface area contributed by atoms with Crippen molar-refractivity contribution in [2.75, 3.05) is 24.7 Å². The molecule has 0 aliphatic carbocycles. The van der Waals surface area contributed by atoms with Crippen LogP contribution in [0.15, 0.2) is 53.7 Å². The molecule has 2 saturated heterocycles. The number of aromatic nitrogens is 1. The van der Waals surface area contributed by atoms with Crippen LogP contribution in [0.3, 0.4) is 0 Å². The number of pyridine rings is 1. The number of rotatable bonds is 5. The largest absolute Gasteiger partial charge is 0.341 e. The van der Waals surface area contributed by atoms with E-state index in [9.17, 15) is 9.59 Å². The summed E-state index contributed by atoms with van der Waals surface area (Å²) < 4.78 is 0. The quantitative estimate of drug-likeness (QED) is 0.639. The van der Waals surface area contributed by atoms with Crippen LogP contribution in [0.1, 0.15) is 30.9 Å². The Labute approximate surface area is 181 Å². The maximum Gasteiger partial charge on any atom is 0.241 e. The minimum atomic E-state index is -0.255. The Balaban J connectivity index is 1.27. The van der Waals surface area contributed by atoms with Crippen molar-refractivity contribution in [3.05, 3.63) is 54.4 Å². The summed E-state index contributed by atoms with van der Waals surface area (Å²) in [7, 11) is 0. The molecule has 1 aromatic heterocycles. The van der Waals surface area contributed by atoms with Gasteiger partial charge in [0.05, 0.1) is 0 Å². The van der Waals surface area contributed by atoms with Crippen molar-refractivity contribution in [3.63, 3.8) is 0 Å². The number of hydrazine groups is 1. The average molecular weight is 426 g/mol. The number of carbonyl (C=O) groups is 2. The zero-order chi connectivity index (χ0) is 20.9. The molecule has 0 radical (unpaired) electrons. The highest BCUT2D eigenvalue weighted by Gasteiger charge is 2.35. The fraction of sp³-hybridized carbons (Fsp3) is 0.409. The van der Waals surface area contributed by atoms with E-state index >= 15 is 0 Å². The van der Waals surface area contributed by atoms with E-state index in [1.165, 1.54) is 0 Å². The summed E-state index contributed by atoms with van der Waals surface area (Å²) in [5, 5.41) is 3.03. The second-order valence-electron chi connectivity index (χ2n) is 7.74. The van der Waals surface area contributed by atoms with Gasteiger partial charge in [0.25, 0.3) is 0 Å². The highest BCUT2D eigenvalue weighted by molar-refractivity contribution is 7.98. The van der Waals surface area contributed by atoms with Gasteiger partial charge in [-0.3, -0.25) is 14.6 Å². The highest BCUT2D eigenvalue weighted by atomic mass is 32.2. The van der Waals surface area contributed by atoms with Crippen LogP contribution in [0.2, 0.25) is 0 Å². The lowest BCUT2D eigenvalue weighted by atomic mass is 9.94. The van der Waals surface area contributed by atoms with E-state index in [2.05, 4.69) is 21.2 Å². The molecule has 158 valence electrons. The van der Waals surface area contributed by atoms with Gasteiger partial charge in [-0.25, -0.2) is 10.9 Å². The monoisotopic (exact) mass is 425 g/mol. The van der Waals surface area contributed by atoms with Crippen molar-refractivity contribution in [1.29, 1.82) is 0 Å². The summed E-state index contributed by atoms with van der Waals surface area (Å²) in [5.74, 6) is 0.0721. The molecule has 2 aromatic rings. The first-order chi connectivity index (χ1) is 14.6. The predicted molar refractivity (Wildman–Crippen MR) is 118 cm³/mol. The molecule has 2 fully saturated rings. The fourth-order valence-electron chi connectivity index (χ4n) is 4.05. The second kappa shape index (κ2) is 9.59. The summed E-state index contributed by atoms with van der Waals surface area (Å²) >= 11 is 1.65. The number of nitrogens with zero attached hydrogens (tertiary/aromatic N) is 2. The number of nitrogens with one attached hydrogen (secondary N) is 3. The summed E-state index contributed by atoms with van der Waals surface area (Å²) in [6.45, 7) is 1.22. The maximum absolute atomic E-state index is 12.9. The first-order valence-electron chi connectivity index (χ1n) is 10.3. The van der Waals surface area contributed by atoms with Crippen molar-refractivity contribution in [2.24, 2.45) is 5.92 Å². The van der Waals surface area contributed by atoms with Crippen LogP contribution in [0.4, 0.5) is 5.69 Å². The zero-order valence-corrected chi connectivity index (χ0v) is 17.8. The molecule has 0 spiro atoms. The molecule has 2 amide bonds. The van der Waals surface area contributed by atoms with Crippen molar-refractivity contribution in [3.8, 4) is 0 Å². The molecule has 4 rings (SSSR count). The Morgan fingerprint density at radius 2 is 2.00 bits per heavy atom. The zero-order valence-electron chi connectivity index (χ0n) is 17.0. The van der Waals surface area contributed by atoms with Crippen molar-refractivity contribution >= 4 is 29.3 Å². The van der Waals surface area contributed by atoms with Gasteiger partial charge in [-0.05, 0) is 55.3 Å². The third-order valence-corrected chi connectivity index (χ3v) is 6.53. The summed E-state index contributed by atoms with van der Waals surface area (Å²) in [6, 6.07) is 11.6. The third-order valence-electron chi connectivity index (χ3n) is 5.80. The van der Waals surface area contributed by atoms with E-state index in [1.54, 1.807) is 18.0 Å². The molecular formula is C22H27N5O2S. The molecule has 3 heterocycles. The first-order valence-corrected chi connectivity index (χ1v) is 11.5. The second-order valence-corrected chi connectivity index (χ2v) is 8.62. The van der Waals surface area contributed by atoms with Gasteiger partial charge < -0.3 is 10.2 Å². The maximum atomic E-state index is 12.9. The molecule has 3 N–H and O–H groups in total. The number of amides is 2. The minimum absolute atomic E-state index is 0.0395. The van der Waals surface area contributed by atoms with Crippen LogP contribution in [-0.4, -0.2) is 47.1 Å². The van der Waals surface area contributed by atoms with Gasteiger partial charge >= 0.3 is 0 Å². The van der Waals surface area contributed by atoms with Gasteiger partial charge in [0.15, 0.2) is 0 Å². The first kappa shape index (κ1) is 20.8. The molecule has 2 aliphatic rings. The fourth-order valence-corrected chi connectivity index (χ4v) is 4.51. The van der Waals surface area contributed by atoms with Gasteiger partial charge in [0.1, 0.15) is 6.04 Å². The van der Waals surface area contributed by atoms with Crippen LogP contribution >= 0.6 is 11.8 Å². The predicted octanol–water partition coefficient (Wildman–Crippen LogP) is 2.59. The lowest BCUT2D eigenvalue weighted by Gasteiger charge is -2.32. The van der Waals surface area contributed by atoms with E-state index in [0.717, 1.165) is 16.1 Å². The van der Waals surface area contributed by atoms with Gasteiger partial charge in [0.2, 0.25) is 11.8 Å². The molecule has 2 aliphatic heterocycles. The lowest BCUT2D eigenvalue weighted by Crippen LogP contribution is -2.49. The topological polar surface area (TPSA) is 86.4 Å². The summed E-state index contributed by atoms with van der Waals surface area (Å²) in [5.41, 5.74) is 8.23. The summed E-state index contributed by atoms with van der Waals surface area (Å²) in [4.78, 5) is 32.7. The molecule has 0 saturated carbocycles. The molecule has 7 nitrogen and oxygen atoms in total. The Morgan fingerprint density at radius 3 is 2.73 bits per heavy atom. The number of carbonyl (C=O) groups excluding carboxylic acids is 2. The van der Waals surface area contributed by atoms with E-state index in [0.29, 0.717) is 32.4 Å². The van der Waals surface area contributed by atoms with Crippen molar-refractivity contribution < 1.29 is 9.59 Å². The highest BCUT2D eigenvalue weighted by Crippen LogP contribution is 2.25. The number of hydrogen-bond donors (Lipinski definition) is 3. The van der Waals surface area contributed by atoms with Crippen molar-refractivity contribution in [2.45, 2.75) is 36.2 Å². The Hall–Kier alpha value is -2.42. The normalized spacial score (nSPS) is 22.1. The molecule has 0 bridgehead atoms. The Morgan fingerprint density at radius 1 is 1.17 bits per heavy atom. The number of anilines is 1. The summed E-state index contributed by atoms with van der Waals surface area (Å²) in [6.07, 6.45) is 7.65. The van der Waals surface area contributed by atoms with Crippen molar-refractivity contribution in [1.82, 2.24) is 20.7 Å². The Bertz CT molecular complexity index is 886. The SMILES string of the molecule is CSc1cccc(NC(=O)C2CCN(C(=O)C3CC(c4cccnc4)NN3)CC2)c1. The van der Waals surface area contributed by atoms with Crippen LogP contribution in [0, 0.1) is 5.92 Å². The van der Waals surface area contributed by atoms with Crippen LogP contribution < -0.4 is 16.2 Å². The van der Waals surface area contributed by atoms with Gasteiger partial charge in [0, 0.05) is 48.0 Å². The van der Waals surface area contributed by atoms with E-state index in [4.69, 9.17) is 0 Å². The molecule has 2 unspecified atom stereocenters. The minimum Gasteiger partial charge on any atom is -0.341 e. The lowest BCUT2D eigenvalue weighted by molar-refractivity contribution is -0.136. The smallest absolute Gasteiger partial charge is 0.241 e. The third kappa shape index (κ3) is 4.83. The van der Waals surface area contributed by atoms with E-state index in [1.807, 2.05) is 53.8 Å². The average Bonchev–Trinajstić information content (AvgIpc) is 3.30. The van der Waals surface area contributed by atoms with Crippen LogP contribution in [0.5, 0.6) is 0 Å². The molecule has 30 heavy (non-hydrogen) atoms.